The van der Waals surface area contributed by atoms with Crippen molar-refractivity contribution < 1.29 is 13.9 Å². The van der Waals surface area contributed by atoms with Crippen molar-refractivity contribution in [1.29, 1.82) is 0 Å². The first-order chi connectivity index (χ1) is 8.31. The zero-order valence-corrected chi connectivity index (χ0v) is 9.68. The summed E-state index contributed by atoms with van der Waals surface area (Å²) in [4.78, 5) is 12.0. The van der Waals surface area contributed by atoms with Gasteiger partial charge in [-0.3, -0.25) is 4.79 Å². The number of ketones is 1. The van der Waals surface area contributed by atoms with E-state index in [4.69, 9.17) is 9.15 Å². The highest BCUT2D eigenvalue weighted by Crippen LogP contribution is 2.17. The predicted octanol–water partition coefficient (Wildman–Crippen LogP) is 3.30. The molecule has 0 saturated heterocycles. The van der Waals surface area contributed by atoms with Gasteiger partial charge in [-0.15, -0.1) is 0 Å². The quantitative estimate of drug-likeness (QED) is 0.740. The van der Waals surface area contributed by atoms with Gasteiger partial charge in [-0.2, -0.15) is 0 Å². The van der Waals surface area contributed by atoms with Crippen LogP contribution in [0.15, 0.2) is 47.3 Å². The Bertz CT molecular complexity index is 486. The van der Waals surface area contributed by atoms with Gasteiger partial charge in [-0.05, 0) is 24.6 Å². The van der Waals surface area contributed by atoms with Gasteiger partial charge < -0.3 is 9.15 Å². The normalized spacial score (nSPS) is 10.2. The van der Waals surface area contributed by atoms with Crippen molar-refractivity contribution in [1.82, 2.24) is 0 Å². The minimum absolute atomic E-state index is 0.0549. The van der Waals surface area contributed by atoms with Crippen LogP contribution in [-0.2, 0) is 0 Å². The van der Waals surface area contributed by atoms with E-state index < -0.39 is 0 Å². The predicted molar refractivity (Wildman–Crippen MR) is 64.4 cm³/mol. The smallest absolute Gasteiger partial charge is 0.196 e. The Balaban J connectivity index is 2.18. The molecule has 0 aliphatic rings. The summed E-state index contributed by atoms with van der Waals surface area (Å²) in [6.07, 6.45) is 3.88. The van der Waals surface area contributed by atoms with Crippen LogP contribution < -0.4 is 4.74 Å². The topological polar surface area (TPSA) is 39.4 Å². The van der Waals surface area contributed by atoms with Crippen molar-refractivity contribution in [2.75, 3.05) is 6.61 Å². The standard InChI is InChI=1S/C14H14O3/c1-2-7-17-13-5-3-4-11(9-13)14(15)12-6-8-16-10-12/h3-6,8-10H,2,7H2,1H3. The molecule has 17 heavy (non-hydrogen) atoms. The lowest BCUT2D eigenvalue weighted by Crippen LogP contribution is -2.01. The molecule has 2 aromatic rings. The number of hydrogen-bond acceptors (Lipinski definition) is 3. The molecular formula is C14H14O3. The molecule has 0 aliphatic heterocycles. The number of hydrogen-bond donors (Lipinski definition) is 0. The second-order valence-electron chi connectivity index (χ2n) is 3.72. The lowest BCUT2D eigenvalue weighted by Gasteiger charge is -2.05. The summed E-state index contributed by atoms with van der Waals surface area (Å²) >= 11 is 0. The third kappa shape index (κ3) is 2.75. The molecule has 0 spiro atoms. The van der Waals surface area contributed by atoms with Crippen molar-refractivity contribution in [3.8, 4) is 5.75 Å². The lowest BCUT2D eigenvalue weighted by molar-refractivity contribution is 0.103. The maximum atomic E-state index is 12.0. The van der Waals surface area contributed by atoms with Crippen LogP contribution in [-0.4, -0.2) is 12.4 Å². The van der Waals surface area contributed by atoms with Crippen LogP contribution in [0.3, 0.4) is 0 Å². The highest BCUT2D eigenvalue weighted by Gasteiger charge is 2.10. The average molecular weight is 230 g/mol. The summed E-state index contributed by atoms with van der Waals surface area (Å²) in [5.41, 5.74) is 1.16. The van der Waals surface area contributed by atoms with Gasteiger partial charge in [0.25, 0.3) is 0 Å². The number of benzene rings is 1. The van der Waals surface area contributed by atoms with Gasteiger partial charge in [0.2, 0.25) is 0 Å². The Kier molecular flexibility index (Phi) is 3.60. The van der Waals surface area contributed by atoms with E-state index in [1.165, 1.54) is 12.5 Å². The SMILES string of the molecule is CCCOc1cccc(C(=O)c2ccoc2)c1. The van der Waals surface area contributed by atoms with Crippen LogP contribution >= 0.6 is 0 Å². The van der Waals surface area contributed by atoms with E-state index in [9.17, 15) is 4.79 Å². The molecule has 0 unspecified atom stereocenters. The third-order valence-electron chi connectivity index (χ3n) is 2.35. The molecule has 3 heteroatoms. The summed E-state index contributed by atoms with van der Waals surface area (Å²) < 4.78 is 10.4. The summed E-state index contributed by atoms with van der Waals surface area (Å²) in [7, 11) is 0. The summed E-state index contributed by atoms with van der Waals surface area (Å²) in [6, 6.07) is 8.85. The van der Waals surface area contributed by atoms with E-state index in [0.29, 0.717) is 17.7 Å². The van der Waals surface area contributed by atoms with E-state index >= 15 is 0 Å². The van der Waals surface area contributed by atoms with E-state index in [1.54, 1.807) is 18.2 Å². The first kappa shape index (κ1) is 11.5. The molecule has 0 aliphatic carbocycles. The zero-order valence-electron chi connectivity index (χ0n) is 9.68. The second kappa shape index (κ2) is 5.34. The molecule has 1 aromatic heterocycles. The number of carbonyl (C=O) groups is 1. The Morgan fingerprint density at radius 3 is 2.88 bits per heavy atom. The van der Waals surface area contributed by atoms with Crippen LogP contribution in [0.5, 0.6) is 5.75 Å². The second-order valence-corrected chi connectivity index (χ2v) is 3.72. The molecule has 0 fully saturated rings. The maximum absolute atomic E-state index is 12.0. The zero-order chi connectivity index (χ0) is 12.1. The van der Waals surface area contributed by atoms with E-state index in [0.717, 1.165) is 12.2 Å². The number of carbonyl (C=O) groups excluding carboxylic acids is 1. The van der Waals surface area contributed by atoms with Gasteiger partial charge in [0.15, 0.2) is 5.78 Å². The lowest BCUT2D eigenvalue weighted by atomic mass is 10.1. The molecule has 0 radical (unpaired) electrons. The fourth-order valence-electron chi connectivity index (χ4n) is 1.51. The van der Waals surface area contributed by atoms with Gasteiger partial charge in [-0.1, -0.05) is 19.1 Å². The largest absolute Gasteiger partial charge is 0.494 e. The van der Waals surface area contributed by atoms with Crippen LogP contribution in [0.2, 0.25) is 0 Å². The van der Waals surface area contributed by atoms with Crippen molar-refractivity contribution in [3.63, 3.8) is 0 Å². The highest BCUT2D eigenvalue weighted by molar-refractivity contribution is 6.08. The molecule has 1 aromatic carbocycles. The molecule has 0 atom stereocenters. The summed E-state index contributed by atoms with van der Waals surface area (Å²) in [6.45, 7) is 2.70. The number of ether oxygens (including phenoxy) is 1. The van der Waals surface area contributed by atoms with Crippen molar-refractivity contribution >= 4 is 5.78 Å². The molecule has 1 heterocycles. The first-order valence-corrected chi connectivity index (χ1v) is 5.61. The van der Waals surface area contributed by atoms with Gasteiger partial charge in [-0.25, -0.2) is 0 Å². The molecule has 2 rings (SSSR count). The molecule has 0 amide bonds. The maximum Gasteiger partial charge on any atom is 0.196 e. The third-order valence-corrected chi connectivity index (χ3v) is 2.35. The molecule has 0 N–H and O–H groups in total. The molecule has 0 bridgehead atoms. The summed E-state index contributed by atoms with van der Waals surface area (Å²) in [5, 5.41) is 0. The fraction of sp³-hybridized carbons (Fsp3) is 0.214. The van der Waals surface area contributed by atoms with Gasteiger partial charge in [0, 0.05) is 5.56 Å². The van der Waals surface area contributed by atoms with E-state index in [1.807, 2.05) is 19.1 Å². The number of rotatable bonds is 5. The van der Waals surface area contributed by atoms with Crippen LogP contribution in [0.4, 0.5) is 0 Å². The minimum atomic E-state index is -0.0549. The Morgan fingerprint density at radius 1 is 1.29 bits per heavy atom. The van der Waals surface area contributed by atoms with Gasteiger partial charge in [0.1, 0.15) is 12.0 Å². The molecule has 88 valence electrons. The fourth-order valence-corrected chi connectivity index (χ4v) is 1.51. The van der Waals surface area contributed by atoms with Crippen LogP contribution in [0.25, 0.3) is 0 Å². The van der Waals surface area contributed by atoms with Gasteiger partial charge in [0.05, 0.1) is 18.4 Å². The van der Waals surface area contributed by atoms with Crippen molar-refractivity contribution in [3.05, 3.63) is 54.0 Å². The van der Waals surface area contributed by atoms with Crippen molar-refractivity contribution in [2.45, 2.75) is 13.3 Å². The average Bonchev–Trinajstić information content (AvgIpc) is 2.89. The Morgan fingerprint density at radius 2 is 2.18 bits per heavy atom. The van der Waals surface area contributed by atoms with Crippen molar-refractivity contribution in [2.24, 2.45) is 0 Å². The molecular weight excluding hydrogens is 216 g/mol. The summed E-state index contributed by atoms with van der Waals surface area (Å²) in [5.74, 6) is 0.668. The van der Waals surface area contributed by atoms with Crippen LogP contribution in [0.1, 0.15) is 29.3 Å². The highest BCUT2D eigenvalue weighted by atomic mass is 16.5. The van der Waals surface area contributed by atoms with E-state index in [2.05, 4.69) is 0 Å². The van der Waals surface area contributed by atoms with E-state index in [-0.39, 0.29) is 5.78 Å². The van der Waals surface area contributed by atoms with Gasteiger partial charge >= 0.3 is 0 Å². The molecule has 3 nitrogen and oxygen atoms in total. The first-order valence-electron chi connectivity index (χ1n) is 5.61. The number of furan rings is 1. The minimum Gasteiger partial charge on any atom is -0.494 e. The molecule has 0 saturated carbocycles. The Hall–Kier alpha value is -2.03. The Labute approximate surface area is 100 Å². The van der Waals surface area contributed by atoms with Crippen LogP contribution in [0, 0.1) is 0 Å². The monoisotopic (exact) mass is 230 g/mol.